The van der Waals surface area contributed by atoms with E-state index in [2.05, 4.69) is 46.8 Å². The Morgan fingerprint density at radius 1 is 1.27 bits per heavy atom. The Morgan fingerprint density at radius 3 is 2.60 bits per heavy atom. The molecule has 1 aromatic rings. The molecule has 1 aliphatic rings. The van der Waals surface area contributed by atoms with E-state index in [0.717, 1.165) is 38.4 Å². The van der Waals surface area contributed by atoms with Gasteiger partial charge in [0, 0.05) is 46.3 Å². The van der Waals surface area contributed by atoms with Gasteiger partial charge in [-0.1, -0.05) is 29.8 Å². The molecular weight excluding hydrogens is 515 g/mol. The highest BCUT2D eigenvalue weighted by molar-refractivity contribution is 14.0. The van der Waals surface area contributed by atoms with Crippen molar-refractivity contribution in [3.63, 3.8) is 0 Å². The lowest BCUT2D eigenvalue weighted by atomic mass is 9.89. The highest BCUT2D eigenvalue weighted by Crippen LogP contribution is 2.33. The molecule has 7 nitrogen and oxygen atoms in total. The second-order valence-corrected chi connectivity index (χ2v) is 9.92. The molecule has 0 aliphatic carbocycles. The van der Waals surface area contributed by atoms with Crippen LogP contribution in [-0.2, 0) is 14.8 Å². The highest BCUT2D eigenvalue weighted by Gasteiger charge is 2.27. The van der Waals surface area contributed by atoms with Crippen LogP contribution in [0, 0.1) is 12.8 Å². The molecule has 0 aromatic heterocycles. The van der Waals surface area contributed by atoms with E-state index in [1.165, 1.54) is 15.4 Å². The van der Waals surface area contributed by atoms with Gasteiger partial charge in [-0.15, -0.1) is 24.0 Å². The summed E-state index contributed by atoms with van der Waals surface area (Å²) >= 11 is 0. The fourth-order valence-corrected chi connectivity index (χ4v) is 4.34. The number of benzene rings is 1. The van der Waals surface area contributed by atoms with Gasteiger partial charge < -0.3 is 15.4 Å². The minimum absolute atomic E-state index is 0. The van der Waals surface area contributed by atoms with Gasteiger partial charge in [-0.05, 0) is 38.7 Å². The summed E-state index contributed by atoms with van der Waals surface area (Å²) in [4.78, 5) is 4.29. The normalized spacial score (nSPS) is 20.0. The molecule has 0 saturated carbocycles. The van der Waals surface area contributed by atoms with Crippen molar-refractivity contribution in [2.24, 2.45) is 10.9 Å². The summed E-state index contributed by atoms with van der Waals surface area (Å²) in [5.74, 6) is 1.25. The molecule has 2 N–H and O–H groups in total. The molecule has 9 heteroatoms. The van der Waals surface area contributed by atoms with E-state index in [-0.39, 0.29) is 35.8 Å². The van der Waals surface area contributed by atoms with Gasteiger partial charge in [-0.25, -0.2) is 12.7 Å². The Bertz CT molecular complexity index is 756. The van der Waals surface area contributed by atoms with Gasteiger partial charge in [0.25, 0.3) is 0 Å². The van der Waals surface area contributed by atoms with E-state index in [0.29, 0.717) is 19.0 Å². The lowest BCUT2D eigenvalue weighted by Gasteiger charge is -2.32. The van der Waals surface area contributed by atoms with Crippen molar-refractivity contribution in [1.82, 2.24) is 14.9 Å². The number of ether oxygens (including phenoxy) is 1. The van der Waals surface area contributed by atoms with Crippen molar-refractivity contribution < 1.29 is 13.2 Å². The second-order valence-electron chi connectivity index (χ2n) is 7.56. The largest absolute Gasteiger partial charge is 0.373 e. The van der Waals surface area contributed by atoms with Crippen LogP contribution in [0.4, 0.5) is 0 Å². The summed E-state index contributed by atoms with van der Waals surface area (Å²) in [6, 6.07) is 8.58. The average Bonchev–Trinajstić information content (AvgIpc) is 2.74. The minimum Gasteiger partial charge on any atom is -0.373 e. The van der Waals surface area contributed by atoms with Crippen LogP contribution in [0.15, 0.2) is 29.3 Å². The number of nitrogens with zero attached hydrogens (tertiary/aromatic N) is 2. The zero-order valence-electron chi connectivity index (χ0n) is 18.6. The van der Waals surface area contributed by atoms with Crippen LogP contribution < -0.4 is 10.6 Å². The number of aryl methyl sites for hydroxylation is 1. The van der Waals surface area contributed by atoms with Crippen LogP contribution >= 0.6 is 24.0 Å². The molecule has 1 saturated heterocycles. The van der Waals surface area contributed by atoms with Gasteiger partial charge in [0.1, 0.15) is 0 Å². The van der Waals surface area contributed by atoms with E-state index < -0.39 is 10.0 Å². The van der Waals surface area contributed by atoms with Gasteiger partial charge in [-0.3, -0.25) is 4.99 Å². The Kier molecular flexibility index (Phi) is 12.2. The predicted octanol–water partition coefficient (Wildman–Crippen LogP) is 2.92. The molecule has 2 rings (SSSR count). The van der Waals surface area contributed by atoms with Crippen molar-refractivity contribution in [1.29, 1.82) is 0 Å². The maximum Gasteiger partial charge on any atom is 0.213 e. The molecule has 0 bridgehead atoms. The topological polar surface area (TPSA) is 83.0 Å². The molecule has 0 amide bonds. The van der Waals surface area contributed by atoms with Gasteiger partial charge in [0.2, 0.25) is 10.0 Å². The number of halogens is 1. The summed E-state index contributed by atoms with van der Waals surface area (Å²) < 4.78 is 31.1. The lowest BCUT2D eigenvalue weighted by molar-refractivity contribution is -0.0265. The second kappa shape index (κ2) is 13.5. The third-order valence-electron chi connectivity index (χ3n) is 5.39. The van der Waals surface area contributed by atoms with Crippen molar-refractivity contribution in [2.45, 2.75) is 39.2 Å². The van der Waals surface area contributed by atoms with Gasteiger partial charge >= 0.3 is 0 Å². The lowest BCUT2D eigenvalue weighted by Crippen LogP contribution is -2.42. The maximum atomic E-state index is 11.8. The molecule has 30 heavy (non-hydrogen) atoms. The number of aliphatic imine (C=N–C) groups is 1. The fraction of sp³-hybridized carbons (Fsp3) is 0.667. The van der Waals surface area contributed by atoms with E-state index in [4.69, 9.17) is 4.74 Å². The van der Waals surface area contributed by atoms with E-state index in [1.807, 2.05) is 0 Å². The first-order chi connectivity index (χ1) is 13.9. The molecule has 1 fully saturated rings. The molecule has 172 valence electrons. The quantitative estimate of drug-likeness (QED) is 0.213. The maximum absolute atomic E-state index is 11.8. The number of nitrogens with one attached hydrogen (secondary N) is 2. The SMILES string of the molecule is CCS(=O)(=O)N(C)CCCNC(=NC)NCC1CCCOC1c1ccc(C)cc1.I. The Balaban J connectivity index is 0.00000450. The van der Waals surface area contributed by atoms with Gasteiger partial charge in [0.15, 0.2) is 5.96 Å². The molecule has 1 aromatic carbocycles. The minimum atomic E-state index is -3.12. The van der Waals surface area contributed by atoms with E-state index in [1.54, 1.807) is 21.0 Å². The van der Waals surface area contributed by atoms with Crippen molar-refractivity contribution >= 4 is 40.0 Å². The molecule has 2 unspecified atom stereocenters. The van der Waals surface area contributed by atoms with Crippen LogP contribution in [0.2, 0.25) is 0 Å². The first-order valence-corrected chi connectivity index (χ1v) is 12.0. The number of sulfonamides is 1. The third kappa shape index (κ3) is 8.32. The Labute approximate surface area is 199 Å². The van der Waals surface area contributed by atoms with Crippen LogP contribution in [0.25, 0.3) is 0 Å². The first-order valence-electron chi connectivity index (χ1n) is 10.4. The third-order valence-corrected chi connectivity index (χ3v) is 7.25. The van der Waals surface area contributed by atoms with Crippen molar-refractivity contribution in [3.05, 3.63) is 35.4 Å². The number of hydrogen-bond donors (Lipinski definition) is 2. The first kappa shape index (κ1) is 27.1. The summed E-state index contributed by atoms with van der Waals surface area (Å²) in [5.41, 5.74) is 2.48. The summed E-state index contributed by atoms with van der Waals surface area (Å²) in [5, 5.41) is 6.68. The smallest absolute Gasteiger partial charge is 0.213 e. The summed E-state index contributed by atoms with van der Waals surface area (Å²) in [7, 11) is 0.254. The summed E-state index contributed by atoms with van der Waals surface area (Å²) in [6.45, 7) is 6.49. The van der Waals surface area contributed by atoms with Gasteiger partial charge in [0.05, 0.1) is 11.9 Å². The van der Waals surface area contributed by atoms with Crippen LogP contribution in [0.1, 0.15) is 43.4 Å². The zero-order valence-corrected chi connectivity index (χ0v) is 21.7. The predicted molar refractivity (Wildman–Crippen MR) is 134 cm³/mol. The Hall–Kier alpha value is -0.910. The number of hydrogen-bond acceptors (Lipinski definition) is 4. The molecule has 1 heterocycles. The highest BCUT2D eigenvalue weighted by atomic mass is 127. The van der Waals surface area contributed by atoms with Crippen molar-refractivity contribution in [2.75, 3.05) is 46.1 Å². The van der Waals surface area contributed by atoms with Crippen LogP contribution in [-0.4, -0.2) is 64.8 Å². The molecule has 2 atom stereocenters. The van der Waals surface area contributed by atoms with Crippen LogP contribution in [0.3, 0.4) is 0 Å². The monoisotopic (exact) mass is 552 g/mol. The molecule has 0 spiro atoms. The average molecular weight is 553 g/mol. The van der Waals surface area contributed by atoms with E-state index >= 15 is 0 Å². The van der Waals surface area contributed by atoms with Gasteiger partial charge in [-0.2, -0.15) is 0 Å². The molecule has 0 radical (unpaired) electrons. The molecular formula is C21H37IN4O3S. The van der Waals surface area contributed by atoms with E-state index in [9.17, 15) is 8.42 Å². The Morgan fingerprint density at radius 2 is 1.97 bits per heavy atom. The molecule has 1 aliphatic heterocycles. The summed E-state index contributed by atoms with van der Waals surface area (Å²) in [6.07, 6.45) is 3.00. The standard InChI is InChI=1S/C21H36N4O3S.HI/c1-5-29(26,27)25(4)14-7-13-23-21(22-3)24-16-19-8-6-15-28-20(19)18-11-9-17(2)10-12-18;/h9-12,19-20H,5-8,13-16H2,1-4H3,(H2,22,23,24);1H. The van der Waals surface area contributed by atoms with Crippen molar-refractivity contribution in [3.8, 4) is 0 Å². The fourth-order valence-electron chi connectivity index (χ4n) is 3.49. The van der Waals surface area contributed by atoms with Crippen LogP contribution in [0.5, 0.6) is 0 Å². The number of rotatable bonds is 9. The number of guanidine groups is 1. The zero-order chi connectivity index (χ0) is 21.3.